The highest BCUT2D eigenvalue weighted by Crippen LogP contribution is 2.54. The number of fused-ring (bicyclic) bond motifs is 3. The van der Waals surface area contributed by atoms with E-state index in [1.54, 1.807) is 0 Å². The molecule has 9 aromatic carbocycles. The lowest BCUT2D eigenvalue weighted by Crippen LogP contribution is -2.19. The van der Waals surface area contributed by atoms with Gasteiger partial charge in [0.15, 0.2) is 0 Å². The number of anilines is 3. The minimum atomic E-state index is -0.206. The predicted molar refractivity (Wildman–Crippen MR) is 358 cm³/mol. The van der Waals surface area contributed by atoms with Crippen LogP contribution >= 0.6 is 0 Å². The van der Waals surface area contributed by atoms with Gasteiger partial charge in [-0.15, -0.1) is 0 Å². The molecule has 0 aliphatic heterocycles. The summed E-state index contributed by atoms with van der Waals surface area (Å²) >= 11 is 0. The molecule has 82 heavy (non-hydrogen) atoms. The average molecular weight is 1080 g/mol. The average Bonchev–Trinajstić information content (AvgIpc) is 3.29. The van der Waals surface area contributed by atoms with Crippen LogP contribution in [0.5, 0.6) is 0 Å². The molecular formula is C81H91N. The SMILES string of the molecule is CC(C)(C)c1ccc(-c2ccccc2N(c2ccc3c(c2)C(C)(C)c2ccccc2-3)c2cc(C(C)(C)C)cc(-c3cc(-c4cc(-c5cc(C(C)(C)C)cc(C(C)(C)C)c5)cc(C(C)(C)C)c4)cc(C(C)(C)C)c3)c2-c2ccccc2)cc1. The first-order valence-electron chi connectivity index (χ1n) is 30.1. The monoisotopic (exact) mass is 1080 g/mol. The summed E-state index contributed by atoms with van der Waals surface area (Å²) in [5, 5.41) is 0. The first-order chi connectivity index (χ1) is 38.2. The van der Waals surface area contributed by atoms with Gasteiger partial charge in [-0.3, -0.25) is 0 Å². The van der Waals surface area contributed by atoms with Crippen LogP contribution in [0, 0.1) is 0 Å². The van der Waals surface area contributed by atoms with E-state index in [1.165, 1.54) is 111 Å². The molecule has 0 heterocycles. The van der Waals surface area contributed by atoms with Crippen molar-refractivity contribution in [3.63, 3.8) is 0 Å². The molecule has 1 heteroatoms. The van der Waals surface area contributed by atoms with E-state index >= 15 is 0 Å². The maximum Gasteiger partial charge on any atom is 0.0549 e. The molecule has 9 aromatic rings. The molecule has 420 valence electrons. The maximum absolute atomic E-state index is 2.61. The fourth-order valence-corrected chi connectivity index (χ4v) is 12.1. The van der Waals surface area contributed by atoms with E-state index in [1.807, 2.05) is 0 Å². The zero-order valence-corrected chi connectivity index (χ0v) is 53.3. The summed E-state index contributed by atoms with van der Waals surface area (Å²) in [6.07, 6.45) is 0. The van der Waals surface area contributed by atoms with Crippen molar-refractivity contribution in [3.05, 3.63) is 233 Å². The van der Waals surface area contributed by atoms with Crippen LogP contribution in [0.1, 0.15) is 183 Å². The summed E-state index contributed by atoms with van der Waals surface area (Å²) in [4.78, 5) is 2.61. The van der Waals surface area contributed by atoms with Crippen molar-refractivity contribution in [1.29, 1.82) is 0 Å². The van der Waals surface area contributed by atoms with E-state index in [9.17, 15) is 0 Å². The Bertz CT molecular complexity index is 3820. The number of para-hydroxylation sites is 1. The highest BCUT2D eigenvalue weighted by molar-refractivity contribution is 6.01. The van der Waals surface area contributed by atoms with Crippen molar-refractivity contribution >= 4 is 17.1 Å². The second-order valence-corrected chi connectivity index (χ2v) is 30.5. The Kier molecular flexibility index (Phi) is 14.6. The lowest BCUT2D eigenvalue weighted by molar-refractivity contribution is 0.569. The second-order valence-electron chi connectivity index (χ2n) is 30.5. The summed E-state index contributed by atoms with van der Waals surface area (Å²) in [5.74, 6) is 0. The maximum atomic E-state index is 2.61. The minimum Gasteiger partial charge on any atom is -0.309 e. The van der Waals surface area contributed by atoms with Gasteiger partial charge in [0, 0.05) is 22.2 Å². The van der Waals surface area contributed by atoms with Crippen LogP contribution in [0.25, 0.3) is 66.8 Å². The Morgan fingerprint density at radius 3 is 1.20 bits per heavy atom. The number of benzene rings is 9. The molecule has 0 amide bonds. The van der Waals surface area contributed by atoms with Crippen LogP contribution in [0.3, 0.4) is 0 Å². The Morgan fingerprint density at radius 2 is 0.671 bits per heavy atom. The fraction of sp³-hybridized carbons (Fsp3) is 0.333. The Morgan fingerprint density at radius 1 is 0.256 bits per heavy atom. The lowest BCUT2D eigenvalue weighted by Gasteiger charge is -2.34. The van der Waals surface area contributed by atoms with Crippen molar-refractivity contribution in [3.8, 4) is 66.8 Å². The van der Waals surface area contributed by atoms with Crippen molar-refractivity contribution < 1.29 is 0 Å². The van der Waals surface area contributed by atoms with Gasteiger partial charge < -0.3 is 4.90 Å². The number of nitrogens with zero attached hydrogens (tertiary/aromatic N) is 1. The molecule has 0 radical (unpaired) electrons. The summed E-state index contributed by atoms with van der Waals surface area (Å²) in [6, 6.07) is 73.2. The van der Waals surface area contributed by atoms with Crippen molar-refractivity contribution in [2.75, 3.05) is 4.90 Å². The van der Waals surface area contributed by atoms with E-state index in [4.69, 9.17) is 0 Å². The van der Waals surface area contributed by atoms with Gasteiger partial charge in [-0.2, -0.15) is 0 Å². The first-order valence-corrected chi connectivity index (χ1v) is 30.1. The third kappa shape index (κ3) is 11.3. The highest BCUT2D eigenvalue weighted by Gasteiger charge is 2.37. The van der Waals surface area contributed by atoms with Crippen LogP contribution in [-0.4, -0.2) is 0 Å². The molecule has 0 saturated heterocycles. The number of rotatable bonds is 8. The predicted octanol–water partition coefficient (Wildman–Crippen LogP) is 23.6. The lowest BCUT2D eigenvalue weighted by atomic mass is 9.77. The van der Waals surface area contributed by atoms with Gasteiger partial charge in [0.05, 0.1) is 11.4 Å². The van der Waals surface area contributed by atoms with Gasteiger partial charge in [-0.25, -0.2) is 0 Å². The number of hydrogen-bond donors (Lipinski definition) is 0. The second kappa shape index (κ2) is 20.6. The molecule has 1 aliphatic carbocycles. The highest BCUT2D eigenvalue weighted by atomic mass is 15.1. The number of hydrogen-bond acceptors (Lipinski definition) is 1. The molecule has 0 atom stereocenters. The smallest absolute Gasteiger partial charge is 0.0549 e. The molecule has 0 fully saturated rings. The third-order valence-electron chi connectivity index (χ3n) is 17.6. The quantitative estimate of drug-likeness (QED) is 0.147. The van der Waals surface area contributed by atoms with E-state index in [0.717, 1.165) is 17.1 Å². The summed E-state index contributed by atoms with van der Waals surface area (Å²) in [6.45, 7) is 47.0. The van der Waals surface area contributed by atoms with Crippen LogP contribution in [0.2, 0.25) is 0 Å². The van der Waals surface area contributed by atoms with Crippen molar-refractivity contribution in [2.24, 2.45) is 0 Å². The van der Waals surface area contributed by atoms with Gasteiger partial charge >= 0.3 is 0 Å². The summed E-state index contributed by atoms with van der Waals surface area (Å²) < 4.78 is 0. The van der Waals surface area contributed by atoms with Gasteiger partial charge in [-0.05, 0) is 175 Å². The molecule has 0 unspecified atom stereocenters. The van der Waals surface area contributed by atoms with Crippen LogP contribution in [-0.2, 0) is 37.9 Å². The Hall–Kier alpha value is -7.22. The van der Waals surface area contributed by atoms with E-state index < -0.39 is 0 Å². The van der Waals surface area contributed by atoms with E-state index in [0.29, 0.717) is 0 Å². The standard InChI is InChI=1S/C81H91N/c1-75(2,3)59-36-34-52(35-37-59)66-30-25-27-33-72(66)82(65-38-39-68-67-31-24-26-32-70(67)81(19,20)71(68)51-65)73-50-64(80(16,17)18)49-69(74(73)53-28-22-21-23-29-53)58-41-56(44-61(47-58)77(7,8)9)54-40-55(43-60(42-54)76(4,5)6)57-45-62(78(10,11)12)48-63(46-57)79(13,14)15/h21-51H,1-20H3. The Labute approximate surface area is 494 Å². The van der Waals surface area contributed by atoms with Gasteiger partial charge in [0.1, 0.15) is 0 Å². The van der Waals surface area contributed by atoms with Crippen LogP contribution < -0.4 is 4.90 Å². The summed E-state index contributed by atoms with van der Waals surface area (Å²) in [7, 11) is 0. The van der Waals surface area contributed by atoms with E-state index in [2.05, 4.69) is 331 Å². The molecule has 0 bridgehead atoms. The van der Waals surface area contributed by atoms with Gasteiger partial charge in [0.25, 0.3) is 0 Å². The third-order valence-corrected chi connectivity index (χ3v) is 17.6. The molecule has 0 N–H and O–H groups in total. The van der Waals surface area contributed by atoms with E-state index in [-0.39, 0.29) is 37.9 Å². The molecule has 1 aliphatic rings. The van der Waals surface area contributed by atoms with Gasteiger partial charge in [-0.1, -0.05) is 284 Å². The largest absolute Gasteiger partial charge is 0.309 e. The zero-order chi connectivity index (χ0) is 59.3. The van der Waals surface area contributed by atoms with Crippen LogP contribution in [0.15, 0.2) is 188 Å². The minimum absolute atomic E-state index is 0.00826. The molecule has 0 spiro atoms. The molecular weight excluding hydrogens is 987 g/mol. The molecule has 0 aromatic heterocycles. The fourth-order valence-electron chi connectivity index (χ4n) is 12.1. The van der Waals surface area contributed by atoms with Crippen molar-refractivity contribution in [1.82, 2.24) is 0 Å². The first kappa shape index (κ1) is 58.0. The normalized spacial score (nSPS) is 13.7. The summed E-state index contributed by atoms with van der Waals surface area (Å²) in [5.41, 5.74) is 28.2. The molecule has 10 rings (SSSR count). The molecule has 1 nitrogen and oxygen atoms in total. The van der Waals surface area contributed by atoms with Crippen LogP contribution in [0.4, 0.5) is 17.1 Å². The zero-order valence-electron chi connectivity index (χ0n) is 53.3. The molecule has 0 saturated carbocycles. The topological polar surface area (TPSA) is 3.24 Å². The van der Waals surface area contributed by atoms with Crippen molar-refractivity contribution in [2.45, 2.75) is 176 Å². The van der Waals surface area contributed by atoms with Gasteiger partial charge in [0.2, 0.25) is 0 Å². The Balaban J connectivity index is 1.30.